The van der Waals surface area contributed by atoms with E-state index in [2.05, 4.69) is 28.6 Å². The second-order valence-electron chi connectivity index (χ2n) is 7.52. The van der Waals surface area contributed by atoms with Crippen LogP contribution in [-0.4, -0.2) is 72.1 Å². The van der Waals surface area contributed by atoms with Crippen LogP contribution in [0, 0.1) is 0 Å². The fourth-order valence-corrected chi connectivity index (χ4v) is 3.24. The van der Waals surface area contributed by atoms with E-state index in [0.717, 1.165) is 24.0 Å². The number of hydrogen-bond donors (Lipinski definition) is 3. The second-order valence-corrected chi connectivity index (χ2v) is 7.52. The van der Waals surface area contributed by atoms with Crippen LogP contribution in [0.1, 0.15) is 36.6 Å². The molecule has 11 nitrogen and oxygen atoms in total. The van der Waals surface area contributed by atoms with Crippen LogP contribution in [0.5, 0.6) is 5.75 Å². The van der Waals surface area contributed by atoms with Crippen molar-refractivity contribution in [2.75, 3.05) is 34.0 Å². The fourth-order valence-electron chi connectivity index (χ4n) is 3.24. The molecule has 33 heavy (non-hydrogen) atoms. The van der Waals surface area contributed by atoms with Gasteiger partial charge in [0, 0.05) is 18.7 Å². The summed E-state index contributed by atoms with van der Waals surface area (Å²) < 4.78 is 12.3. The van der Waals surface area contributed by atoms with E-state index in [9.17, 15) is 9.59 Å². The Morgan fingerprint density at radius 2 is 2.15 bits per heavy atom. The molecule has 0 radical (unpaired) electrons. The van der Waals surface area contributed by atoms with Gasteiger partial charge in [-0.25, -0.2) is 14.8 Å². The molecule has 0 amide bonds. The van der Waals surface area contributed by atoms with Gasteiger partial charge in [-0.15, -0.1) is 0 Å². The van der Waals surface area contributed by atoms with E-state index in [-0.39, 0.29) is 37.2 Å². The number of benzene rings is 1. The molecule has 1 aromatic carbocycles. The van der Waals surface area contributed by atoms with E-state index >= 15 is 0 Å². The molecule has 4 N–H and O–H groups in total. The maximum atomic E-state index is 12.6. The van der Waals surface area contributed by atoms with E-state index in [1.165, 1.54) is 11.7 Å². The number of nitrogens with zero attached hydrogens (tertiary/aromatic N) is 4. The van der Waals surface area contributed by atoms with Crippen molar-refractivity contribution in [3.8, 4) is 5.75 Å². The first-order valence-corrected chi connectivity index (χ1v) is 10.5. The van der Waals surface area contributed by atoms with Crippen molar-refractivity contribution in [1.82, 2.24) is 14.5 Å². The van der Waals surface area contributed by atoms with Gasteiger partial charge in [0.05, 0.1) is 20.2 Å². The first-order chi connectivity index (χ1) is 15.8. The summed E-state index contributed by atoms with van der Waals surface area (Å²) in [7, 11) is 3.25. The average Bonchev–Trinajstić information content (AvgIpc) is 3.09. The molecule has 2 aromatic rings. The molecule has 1 heterocycles. The number of aliphatic imine (C=N–C) groups is 2. The van der Waals surface area contributed by atoms with Gasteiger partial charge in [0.15, 0.2) is 5.82 Å². The minimum Gasteiger partial charge on any atom is -0.496 e. The highest BCUT2D eigenvalue weighted by molar-refractivity contribution is 5.99. The van der Waals surface area contributed by atoms with Crippen LogP contribution in [-0.2, 0) is 22.6 Å². The lowest BCUT2D eigenvalue weighted by atomic mass is 10.1. The predicted molar refractivity (Wildman–Crippen MR) is 127 cm³/mol. The Bertz CT molecular complexity index is 1040. The zero-order valence-corrected chi connectivity index (χ0v) is 19.3. The molecule has 0 aliphatic carbocycles. The number of aromatic nitrogens is 2. The van der Waals surface area contributed by atoms with E-state index in [1.54, 1.807) is 11.9 Å². The van der Waals surface area contributed by atoms with Gasteiger partial charge in [-0.3, -0.25) is 14.3 Å². The Labute approximate surface area is 192 Å². The molecule has 0 unspecified atom stereocenters. The summed E-state index contributed by atoms with van der Waals surface area (Å²) in [6, 6.07) is 5.50. The van der Waals surface area contributed by atoms with Crippen LogP contribution in [0.4, 0.5) is 5.82 Å². The monoisotopic (exact) mass is 460 g/mol. The van der Waals surface area contributed by atoms with Crippen molar-refractivity contribution in [3.05, 3.63) is 45.5 Å². The van der Waals surface area contributed by atoms with E-state index < -0.39 is 11.7 Å². The number of imidazole rings is 1. The van der Waals surface area contributed by atoms with Crippen molar-refractivity contribution in [2.45, 2.75) is 32.9 Å². The molecule has 0 aliphatic rings. The van der Waals surface area contributed by atoms with Crippen LogP contribution in [0.15, 0.2) is 33.0 Å². The SMILES string of the molecule is C=Nc1c(/C(N)=N\COCCCC)[nH]c(=O)n1Cc1ccc(CN(C)CC(=O)O)cc1OC. The van der Waals surface area contributed by atoms with Crippen LogP contribution < -0.4 is 16.2 Å². The smallest absolute Gasteiger partial charge is 0.328 e. The minimum absolute atomic E-state index is 0.0768. The number of carboxylic acids is 1. The lowest BCUT2D eigenvalue weighted by molar-refractivity contribution is -0.138. The number of carbonyl (C=O) groups is 1. The molecule has 0 saturated heterocycles. The normalized spacial score (nSPS) is 11.7. The highest BCUT2D eigenvalue weighted by atomic mass is 16.5. The number of H-pyrrole nitrogens is 1. The highest BCUT2D eigenvalue weighted by Gasteiger charge is 2.18. The standard InChI is InChI=1S/C22H32N6O5/c1-5-6-9-33-14-25-20(23)19-21(24-2)28(22(31)26-19)12-16-8-7-15(10-17(16)32-4)11-27(3)13-18(29)30/h7-8,10H,2,5-6,9,11-14H2,1,3-4H3,(H2,23,25)(H,26,31)(H,29,30). The summed E-state index contributed by atoms with van der Waals surface area (Å²) in [6.45, 7) is 6.82. The maximum Gasteiger partial charge on any atom is 0.328 e. The van der Waals surface area contributed by atoms with Gasteiger partial charge in [-0.1, -0.05) is 25.5 Å². The first kappa shape index (κ1) is 25.8. The maximum absolute atomic E-state index is 12.6. The largest absolute Gasteiger partial charge is 0.496 e. The number of carboxylic acid groups (broad SMARTS) is 1. The number of likely N-dealkylation sites (N-methyl/N-ethyl adjacent to an activating group) is 1. The summed E-state index contributed by atoms with van der Waals surface area (Å²) in [5.41, 5.74) is 7.52. The van der Waals surface area contributed by atoms with Crippen molar-refractivity contribution < 1.29 is 19.4 Å². The number of unbranched alkanes of at least 4 members (excludes halogenated alkanes) is 1. The van der Waals surface area contributed by atoms with Gasteiger partial charge in [-0.2, -0.15) is 0 Å². The molecule has 180 valence electrons. The third-order valence-corrected chi connectivity index (χ3v) is 4.87. The number of nitrogens with two attached hydrogens (primary N) is 1. The molecule has 0 aliphatic heterocycles. The van der Waals surface area contributed by atoms with Crippen molar-refractivity contribution in [2.24, 2.45) is 15.7 Å². The summed E-state index contributed by atoms with van der Waals surface area (Å²) >= 11 is 0. The number of nitrogens with one attached hydrogen (secondary N) is 1. The third kappa shape index (κ3) is 7.29. The summed E-state index contributed by atoms with van der Waals surface area (Å²) in [5.74, 6) is 0.0334. The van der Waals surface area contributed by atoms with E-state index in [4.69, 9.17) is 20.3 Å². The molecule has 1 aromatic heterocycles. The molecule has 0 spiro atoms. The van der Waals surface area contributed by atoms with Gasteiger partial charge in [0.1, 0.15) is 24.0 Å². The quantitative estimate of drug-likeness (QED) is 0.220. The molecule has 2 rings (SSSR count). The molecule has 0 bridgehead atoms. The molecular weight excluding hydrogens is 428 g/mol. The topological polar surface area (TPSA) is 148 Å². The number of aromatic amines is 1. The molecule has 11 heteroatoms. The van der Waals surface area contributed by atoms with Gasteiger partial charge in [0.25, 0.3) is 0 Å². The van der Waals surface area contributed by atoms with Crippen LogP contribution >= 0.6 is 0 Å². The fraction of sp³-hybridized carbons (Fsp3) is 0.455. The zero-order chi connectivity index (χ0) is 24.4. The van der Waals surface area contributed by atoms with Gasteiger partial charge in [-0.05, 0) is 31.8 Å². The number of aliphatic carboxylic acids is 1. The van der Waals surface area contributed by atoms with E-state index in [1.807, 2.05) is 18.2 Å². The average molecular weight is 461 g/mol. The number of amidine groups is 1. The minimum atomic E-state index is -0.900. The van der Waals surface area contributed by atoms with Gasteiger partial charge >= 0.3 is 11.7 Å². The van der Waals surface area contributed by atoms with Crippen molar-refractivity contribution in [3.63, 3.8) is 0 Å². The predicted octanol–water partition coefficient (Wildman–Crippen LogP) is 1.56. The molecule has 0 atom stereocenters. The lowest BCUT2D eigenvalue weighted by Crippen LogP contribution is -2.25. The van der Waals surface area contributed by atoms with Gasteiger partial charge in [0.2, 0.25) is 0 Å². The van der Waals surface area contributed by atoms with Gasteiger partial charge < -0.3 is 25.3 Å². The second kappa shape index (κ2) is 12.6. The molecular formula is C22H32N6O5. The van der Waals surface area contributed by atoms with E-state index in [0.29, 0.717) is 18.9 Å². The number of rotatable bonds is 14. The molecule has 0 fully saturated rings. The number of ether oxygens (including phenoxy) is 2. The molecule has 0 saturated carbocycles. The van der Waals surface area contributed by atoms with Crippen LogP contribution in [0.3, 0.4) is 0 Å². The van der Waals surface area contributed by atoms with Crippen molar-refractivity contribution >= 4 is 24.3 Å². The van der Waals surface area contributed by atoms with Crippen molar-refractivity contribution in [1.29, 1.82) is 0 Å². The highest BCUT2D eigenvalue weighted by Crippen LogP contribution is 2.24. The number of methoxy groups -OCH3 is 1. The Hall–Kier alpha value is -3.44. The Morgan fingerprint density at radius 3 is 2.79 bits per heavy atom. The Kier molecular flexibility index (Phi) is 9.83. The van der Waals surface area contributed by atoms with Crippen LogP contribution in [0.2, 0.25) is 0 Å². The third-order valence-electron chi connectivity index (χ3n) is 4.87. The zero-order valence-electron chi connectivity index (χ0n) is 19.3. The summed E-state index contributed by atoms with van der Waals surface area (Å²) in [6.07, 6.45) is 1.95. The summed E-state index contributed by atoms with van der Waals surface area (Å²) in [4.78, 5) is 36.0. The number of hydrogen-bond acceptors (Lipinski definition) is 7. The Balaban J connectivity index is 2.24. The summed E-state index contributed by atoms with van der Waals surface area (Å²) in [5, 5.41) is 8.93. The Morgan fingerprint density at radius 1 is 1.39 bits per heavy atom. The van der Waals surface area contributed by atoms with Crippen LogP contribution in [0.25, 0.3) is 0 Å². The first-order valence-electron chi connectivity index (χ1n) is 10.5. The lowest BCUT2D eigenvalue weighted by Gasteiger charge is -2.16.